The van der Waals surface area contributed by atoms with Gasteiger partial charge in [0.25, 0.3) is 0 Å². The maximum Gasteiger partial charge on any atom is 0.410 e. The van der Waals surface area contributed by atoms with E-state index in [2.05, 4.69) is 13.7 Å². The van der Waals surface area contributed by atoms with Crippen molar-refractivity contribution in [2.45, 2.75) is 170 Å². The van der Waals surface area contributed by atoms with Gasteiger partial charge in [-0.15, -0.1) is 0 Å². The fourth-order valence-electron chi connectivity index (χ4n) is 9.96. The summed E-state index contributed by atoms with van der Waals surface area (Å²) in [4.78, 5) is 27.7. The Bertz CT molecular complexity index is 2730. The zero-order valence-corrected chi connectivity index (χ0v) is 47.5. The summed E-state index contributed by atoms with van der Waals surface area (Å²) in [6, 6.07) is 26.1. The number of rotatable bonds is 28. The summed E-state index contributed by atoms with van der Waals surface area (Å²) in [6.45, 7) is 1.23. The van der Waals surface area contributed by atoms with Crippen molar-refractivity contribution in [2.24, 2.45) is 5.92 Å². The highest BCUT2D eigenvalue weighted by atomic mass is 32.3. The van der Waals surface area contributed by atoms with Crippen molar-refractivity contribution < 1.29 is 127 Å². The predicted octanol–water partition coefficient (Wildman–Crippen LogP) is -0.214. The molecule has 0 bridgehead atoms. The van der Waals surface area contributed by atoms with Crippen LogP contribution in [0, 0.1) is 5.92 Å². The van der Waals surface area contributed by atoms with E-state index in [1.807, 2.05) is 60.7 Å². The van der Waals surface area contributed by atoms with E-state index in [1.165, 1.54) is 20.9 Å². The van der Waals surface area contributed by atoms with Gasteiger partial charge in [-0.1, -0.05) is 97.9 Å². The number of nitrogens with zero attached hydrogens (tertiary/aromatic N) is 1. The van der Waals surface area contributed by atoms with Gasteiger partial charge in [0.1, 0.15) is 73.8 Å². The maximum absolute atomic E-state index is 13.2. The lowest BCUT2D eigenvalue weighted by Crippen LogP contribution is -2.68. The van der Waals surface area contributed by atoms with Crippen molar-refractivity contribution in [3.63, 3.8) is 0 Å². The van der Waals surface area contributed by atoms with E-state index in [0.29, 0.717) is 31.4 Å². The normalized spacial score (nSPS) is 33.9. The van der Waals surface area contributed by atoms with Gasteiger partial charge >= 0.3 is 32.9 Å². The number of carbonyl (C=O) groups is 2. The van der Waals surface area contributed by atoms with Gasteiger partial charge in [0.2, 0.25) is 0 Å². The molecular formula is C53H74N2O27S2. The molecule has 0 radical (unpaired) electrons. The van der Waals surface area contributed by atoms with Crippen LogP contribution in [0.5, 0.6) is 0 Å². The van der Waals surface area contributed by atoms with E-state index in [1.54, 1.807) is 35.2 Å². The fraction of sp³-hybridized carbons (Fsp3) is 0.623. The van der Waals surface area contributed by atoms with Crippen molar-refractivity contribution in [1.82, 2.24) is 10.2 Å². The van der Waals surface area contributed by atoms with Crippen LogP contribution in [0.1, 0.15) is 49.8 Å². The zero-order valence-electron chi connectivity index (χ0n) is 45.9. The first-order chi connectivity index (χ1) is 39.9. The first-order valence-electron chi connectivity index (χ1n) is 27.0. The number of carboxylic acids is 1. The van der Waals surface area contributed by atoms with E-state index in [9.17, 15) is 71.3 Å². The second-order valence-electron chi connectivity index (χ2n) is 20.5. The van der Waals surface area contributed by atoms with E-state index < -0.39 is 169 Å². The van der Waals surface area contributed by atoms with Crippen LogP contribution in [0.25, 0.3) is 0 Å². The smallest absolute Gasteiger partial charge is 0.410 e. The van der Waals surface area contributed by atoms with Gasteiger partial charge < -0.3 is 93.3 Å². The number of carbonyl (C=O) groups excluding carboxylic acids is 1. The van der Waals surface area contributed by atoms with Crippen LogP contribution in [0.4, 0.5) is 4.79 Å². The number of nitrogens with one attached hydrogen (secondary N) is 1. The van der Waals surface area contributed by atoms with E-state index >= 15 is 0 Å². The van der Waals surface area contributed by atoms with E-state index in [0.717, 1.165) is 11.1 Å². The molecule has 84 heavy (non-hydrogen) atoms. The number of aliphatic hydroxyl groups is 6. The van der Waals surface area contributed by atoms with Crippen LogP contribution < -0.4 is 5.32 Å². The molecule has 0 spiro atoms. The molecule has 4 aliphatic rings. The maximum atomic E-state index is 13.2. The Morgan fingerprint density at radius 1 is 0.560 bits per heavy atom. The summed E-state index contributed by atoms with van der Waals surface area (Å²) < 4.78 is 134. The molecule has 3 aromatic carbocycles. The summed E-state index contributed by atoms with van der Waals surface area (Å²) in [5.74, 6) is -3.15. The van der Waals surface area contributed by atoms with Crippen LogP contribution >= 0.6 is 0 Å². The minimum atomic E-state index is -5.21. The van der Waals surface area contributed by atoms with Crippen LogP contribution in [0.15, 0.2) is 91.0 Å². The van der Waals surface area contributed by atoms with Crippen molar-refractivity contribution in [2.75, 3.05) is 33.4 Å². The molecule has 0 aromatic heterocycles. The Balaban J connectivity index is 0.985. The molecule has 3 aromatic rings. The predicted molar refractivity (Wildman–Crippen MR) is 284 cm³/mol. The summed E-state index contributed by atoms with van der Waals surface area (Å²) in [5.41, 5.74) is 2.40. The number of benzene rings is 3. The van der Waals surface area contributed by atoms with E-state index in [-0.39, 0.29) is 26.4 Å². The van der Waals surface area contributed by atoms with Gasteiger partial charge in [-0.05, 0) is 49.9 Å². The molecule has 10 N–H and O–H groups in total. The molecule has 7 rings (SSSR count). The first kappa shape index (κ1) is 67.0. The topological polar surface area (TPSA) is 411 Å². The lowest BCUT2D eigenvalue weighted by Gasteiger charge is -2.49. The second-order valence-corrected chi connectivity index (χ2v) is 22.7. The number of likely N-dealkylation sites (N-methyl/N-ethyl adjacent to an activating group) is 1. The molecule has 20 atom stereocenters. The van der Waals surface area contributed by atoms with Gasteiger partial charge in [-0.2, -0.15) is 16.8 Å². The Hall–Kier alpha value is -4.50. The van der Waals surface area contributed by atoms with E-state index in [4.69, 9.17) is 47.4 Å². The molecule has 0 saturated carbocycles. The molecule has 31 heteroatoms. The van der Waals surface area contributed by atoms with Crippen LogP contribution in [0.3, 0.4) is 0 Å². The molecule has 4 saturated heterocycles. The molecule has 1 amide bonds. The number of hydrogen-bond donors (Lipinski definition) is 10. The van der Waals surface area contributed by atoms with Crippen LogP contribution in [-0.2, 0) is 101 Å². The van der Waals surface area contributed by atoms with Crippen molar-refractivity contribution in [1.29, 1.82) is 0 Å². The van der Waals surface area contributed by atoms with Gasteiger partial charge in [0.05, 0.1) is 38.1 Å². The molecular weight excluding hydrogens is 1160 g/mol. The number of carboxylic acid groups (broad SMARTS) is 1. The summed E-state index contributed by atoms with van der Waals surface area (Å²) in [7, 11) is -8.98. The standard InChI is InChI=1S/C53H74N2O27S2/c1-29-37(56)43(79-52-42(61)45(38(57)30(2)76-52)72-25-32-18-10-5-11-19-32)34(27-74-83(65,66)67)77-49(29)81-46-40(59)41(60)51(82-47(46)48(62)63)80-44-35(28-75-84(68,69)70)78-50(36(54-3)39(44)58)71-23-15-7-14-22-55(24-31-16-8-4-9-17-31)53(64)73-26-33-20-12-6-13-21-33/h4-6,8-13,16-21,29-30,34-47,49-52,54,56-61H,7,14-15,22-28H2,1-3H3,(H,62,63)(H,65,66,67)(H,68,69,70)/t29?,30?,34?,35?,36?,37-,38-,39-,40-,41?,42?,43-,44-,45-,46+,47?,49-,50+,51-,52+/m1/s1. The lowest BCUT2D eigenvalue weighted by molar-refractivity contribution is -0.376. The highest BCUT2D eigenvalue weighted by Crippen LogP contribution is 2.37. The average molecular weight is 1240 g/mol. The molecule has 470 valence electrons. The number of aliphatic carboxylic acids is 1. The minimum absolute atomic E-state index is 0.00145. The number of ether oxygens (including phenoxy) is 10. The summed E-state index contributed by atoms with van der Waals surface area (Å²) in [5, 5.41) is 82.1. The minimum Gasteiger partial charge on any atom is -0.479 e. The fourth-order valence-corrected chi connectivity index (χ4v) is 10.6. The first-order valence-corrected chi connectivity index (χ1v) is 29.7. The second kappa shape index (κ2) is 30.9. The van der Waals surface area contributed by atoms with Gasteiger partial charge in [0.15, 0.2) is 31.3 Å². The van der Waals surface area contributed by atoms with Crippen molar-refractivity contribution in [3.05, 3.63) is 108 Å². The molecule has 0 aliphatic carbocycles. The van der Waals surface area contributed by atoms with Crippen LogP contribution in [-0.4, -0.2) is 229 Å². The number of amides is 1. The van der Waals surface area contributed by atoms with Crippen molar-refractivity contribution >= 4 is 32.9 Å². The quantitative estimate of drug-likeness (QED) is 0.0332. The molecule has 4 heterocycles. The number of unbranched alkanes of at least 4 members (excludes halogenated alkanes) is 2. The SMILES string of the molecule is CNC1[C@@H](OCCCCCN(Cc2ccccc2)C(=O)OCc2ccccc2)OC(COS(=O)(=O)O)[C@@H](O[C@@H]2OC(C(=O)O)[C@@H](O[C@H]3OC(COS(=O)(=O)O)[C@@H](O[C@@H]4OC(C)[C@@H](O)[C@@H](OCc5ccccc5)C4O)[C@H](O)C3C)[C@H](O)C2O)[C@@H]1O. The third-order valence-electron chi connectivity index (χ3n) is 14.5. The third kappa shape index (κ3) is 18.5. The van der Waals surface area contributed by atoms with Crippen molar-refractivity contribution in [3.8, 4) is 0 Å². The Kier molecular flexibility index (Phi) is 24.7. The van der Waals surface area contributed by atoms with Gasteiger partial charge in [0, 0.05) is 25.6 Å². The highest BCUT2D eigenvalue weighted by Gasteiger charge is 2.56. The number of aliphatic hydroxyl groups excluding tert-OH is 6. The monoisotopic (exact) mass is 1230 g/mol. The van der Waals surface area contributed by atoms with Crippen LogP contribution in [0.2, 0.25) is 0 Å². The van der Waals surface area contributed by atoms with Gasteiger partial charge in [-0.25, -0.2) is 18.0 Å². The molecule has 29 nitrogen and oxygen atoms in total. The summed E-state index contributed by atoms with van der Waals surface area (Å²) in [6.07, 6.45) is -31.2. The lowest BCUT2D eigenvalue weighted by atomic mass is 9.91. The number of hydrogen-bond acceptors (Lipinski definition) is 25. The largest absolute Gasteiger partial charge is 0.479 e. The average Bonchev–Trinajstić information content (AvgIpc) is 2.34. The Morgan fingerprint density at radius 2 is 1.08 bits per heavy atom. The molecule has 4 fully saturated rings. The Morgan fingerprint density at radius 3 is 1.64 bits per heavy atom. The molecule has 4 aliphatic heterocycles. The Labute approximate surface area is 485 Å². The highest BCUT2D eigenvalue weighted by molar-refractivity contribution is 7.81. The zero-order chi connectivity index (χ0) is 60.9. The summed E-state index contributed by atoms with van der Waals surface area (Å²) >= 11 is 0. The third-order valence-corrected chi connectivity index (χ3v) is 15.4. The molecule has 8 unspecified atom stereocenters. The van der Waals surface area contributed by atoms with Gasteiger partial charge in [-0.3, -0.25) is 9.11 Å².